The molecule has 0 fully saturated rings. The van der Waals surface area contributed by atoms with Crippen LogP contribution in [-0.2, 0) is 16.0 Å². The number of rotatable bonds is 5. The largest absolute Gasteiger partial charge is 0.506 e. The first-order chi connectivity index (χ1) is 8.40. The van der Waals surface area contributed by atoms with Gasteiger partial charge in [-0.15, -0.1) is 0 Å². The highest BCUT2D eigenvalue weighted by atomic mass is 16.4. The van der Waals surface area contributed by atoms with Crippen molar-refractivity contribution >= 4 is 11.9 Å². The minimum Gasteiger partial charge on any atom is -0.506 e. The summed E-state index contributed by atoms with van der Waals surface area (Å²) < 4.78 is 0. The van der Waals surface area contributed by atoms with Crippen molar-refractivity contribution in [1.82, 2.24) is 10.3 Å². The summed E-state index contributed by atoms with van der Waals surface area (Å²) in [6, 6.07) is 1.11. The second-order valence-electron chi connectivity index (χ2n) is 3.89. The maximum absolute atomic E-state index is 11.6. The number of hydrogen-bond donors (Lipinski definition) is 4. The number of hydrogen-bond acceptors (Lipinski definition) is 5. The zero-order valence-electron chi connectivity index (χ0n) is 9.83. The lowest BCUT2D eigenvalue weighted by Gasteiger charge is -2.14. The molecule has 0 aliphatic heterocycles. The molecular weight excluding hydrogens is 238 g/mol. The van der Waals surface area contributed by atoms with Gasteiger partial charge in [-0.2, -0.15) is 0 Å². The number of nitrogens with two attached hydrogens (primary N) is 1. The molecule has 0 spiro atoms. The van der Waals surface area contributed by atoms with Gasteiger partial charge in [-0.05, 0) is 19.1 Å². The minimum atomic E-state index is -1.13. The maximum Gasteiger partial charge on any atom is 0.325 e. The van der Waals surface area contributed by atoms with Crippen LogP contribution in [0.4, 0.5) is 0 Å². The number of carboxylic acids is 1. The molecule has 0 saturated heterocycles. The molecule has 7 heteroatoms. The van der Waals surface area contributed by atoms with Crippen LogP contribution in [0.2, 0.25) is 0 Å². The molecule has 98 valence electrons. The number of nitrogens with one attached hydrogen (secondary N) is 1. The molecule has 18 heavy (non-hydrogen) atoms. The van der Waals surface area contributed by atoms with E-state index in [1.807, 2.05) is 0 Å². The highest BCUT2D eigenvalue weighted by Crippen LogP contribution is 2.07. The van der Waals surface area contributed by atoms with Crippen LogP contribution in [0.25, 0.3) is 0 Å². The van der Waals surface area contributed by atoms with Gasteiger partial charge in [0.15, 0.2) is 0 Å². The van der Waals surface area contributed by atoms with Crippen molar-refractivity contribution < 1.29 is 19.8 Å². The van der Waals surface area contributed by atoms with E-state index in [2.05, 4.69) is 10.3 Å². The van der Waals surface area contributed by atoms with Gasteiger partial charge >= 0.3 is 5.97 Å². The quantitative estimate of drug-likeness (QED) is 0.547. The van der Waals surface area contributed by atoms with Crippen LogP contribution < -0.4 is 11.1 Å². The summed E-state index contributed by atoms with van der Waals surface area (Å²) >= 11 is 0. The zero-order chi connectivity index (χ0) is 13.7. The van der Waals surface area contributed by atoms with Crippen molar-refractivity contribution in [2.75, 3.05) is 0 Å². The summed E-state index contributed by atoms with van der Waals surface area (Å²) in [4.78, 5) is 26.0. The minimum absolute atomic E-state index is 0.0243. The lowest BCUT2D eigenvalue weighted by atomic mass is 10.1. The van der Waals surface area contributed by atoms with Gasteiger partial charge in [0, 0.05) is 12.1 Å². The average Bonchev–Trinajstić information content (AvgIpc) is 2.31. The average molecular weight is 253 g/mol. The van der Waals surface area contributed by atoms with Gasteiger partial charge < -0.3 is 21.3 Å². The Morgan fingerprint density at radius 1 is 1.50 bits per heavy atom. The van der Waals surface area contributed by atoms with E-state index >= 15 is 0 Å². The van der Waals surface area contributed by atoms with Gasteiger partial charge in [0.25, 0.3) is 0 Å². The monoisotopic (exact) mass is 253 g/mol. The first-order valence-electron chi connectivity index (χ1n) is 5.33. The number of aromatic nitrogens is 1. The van der Waals surface area contributed by atoms with Gasteiger partial charge in [0.1, 0.15) is 11.8 Å². The fourth-order valence-electron chi connectivity index (χ4n) is 1.24. The molecule has 2 unspecified atom stereocenters. The summed E-state index contributed by atoms with van der Waals surface area (Å²) in [5.74, 6) is -1.66. The van der Waals surface area contributed by atoms with Crippen LogP contribution in [0.3, 0.4) is 0 Å². The molecule has 0 bridgehead atoms. The molecule has 0 radical (unpaired) electrons. The second kappa shape index (κ2) is 5.97. The summed E-state index contributed by atoms with van der Waals surface area (Å²) in [6.45, 7) is 1.35. The Morgan fingerprint density at radius 3 is 2.67 bits per heavy atom. The van der Waals surface area contributed by atoms with Crippen LogP contribution in [-0.4, -0.2) is 39.2 Å². The number of carbonyl (C=O) groups is 2. The fraction of sp³-hybridized carbons (Fsp3) is 0.364. The van der Waals surface area contributed by atoms with E-state index in [0.29, 0.717) is 5.69 Å². The predicted octanol–water partition coefficient (Wildman–Crippen LogP) is -0.754. The van der Waals surface area contributed by atoms with Crippen molar-refractivity contribution in [3.05, 3.63) is 24.0 Å². The summed E-state index contributed by atoms with van der Waals surface area (Å²) in [7, 11) is 0. The van der Waals surface area contributed by atoms with Crippen molar-refractivity contribution in [3.63, 3.8) is 0 Å². The SMILES string of the molecule is CC(NC(=O)C(N)Cc1ccc(O)cn1)C(=O)O. The summed E-state index contributed by atoms with van der Waals surface area (Å²) in [5, 5.41) is 19.9. The van der Waals surface area contributed by atoms with Crippen LogP contribution in [0.15, 0.2) is 18.3 Å². The Kier molecular flexibility index (Phi) is 4.61. The van der Waals surface area contributed by atoms with E-state index in [4.69, 9.17) is 15.9 Å². The first kappa shape index (κ1) is 13.9. The molecule has 1 amide bonds. The normalized spacial score (nSPS) is 13.7. The molecule has 1 aromatic rings. The number of carboxylic acid groups (broad SMARTS) is 1. The molecule has 0 aromatic carbocycles. The number of nitrogens with zero attached hydrogens (tertiary/aromatic N) is 1. The standard InChI is InChI=1S/C11H15N3O4/c1-6(11(17)18)14-10(16)9(12)4-7-2-3-8(15)5-13-7/h2-3,5-6,9,15H,4,12H2,1H3,(H,14,16)(H,17,18). The Balaban J connectivity index is 2.54. The Bertz CT molecular complexity index is 432. The smallest absolute Gasteiger partial charge is 0.325 e. The van der Waals surface area contributed by atoms with Crippen molar-refractivity contribution in [2.45, 2.75) is 25.4 Å². The summed E-state index contributed by atoms with van der Waals surface area (Å²) in [6.07, 6.45) is 1.41. The number of carbonyl (C=O) groups excluding carboxylic acids is 1. The molecule has 1 rings (SSSR count). The number of amides is 1. The zero-order valence-corrected chi connectivity index (χ0v) is 9.83. The molecule has 0 aliphatic rings. The Morgan fingerprint density at radius 2 is 2.17 bits per heavy atom. The third-order valence-corrected chi connectivity index (χ3v) is 2.30. The molecular formula is C11H15N3O4. The van der Waals surface area contributed by atoms with E-state index < -0.39 is 24.0 Å². The molecule has 1 aromatic heterocycles. The Hall–Kier alpha value is -2.15. The Labute approximate surface area is 104 Å². The van der Waals surface area contributed by atoms with E-state index in [-0.39, 0.29) is 12.2 Å². The first-order valence-corrected chi connectivity index (χ1v) is 5.33. The van der Waals surface area contributed by atoms with Crippen LogP contribution >= 0.6 is 0 Å². The van der Waals surface area contributed by atoms with Gasteiger partial charge in [0.05, 0.1) is 12.2 Å². The second-order valence-corrected chi connectivity index (χ2v) is 3.89. The number of aliphatic carboxylic acids is 1. The predicted molar refractivity (Wildman–Crippen MR) is 62.8 cm³/mol. The van der Waals surface area contributed by atoms with Gasteiger partial charge in [-0.25, -0.2) is 0 Å². The van der Waals surface area contributed by atoms with Crippen LogP contribution in [0.1, 0.15) is 12.6 Å². The maximum atomic E-state index is 11.6. The van der Waals surface area contributed by atoms with Crippen LogP contribution in [0, 0.1) is 0 Å². The number of pyridine rings is 1. The molecule has 0 aliphatic carbocycles. The van der Waals surface area contributed by atoms with E-state index in [0.717, 1.165) is 0 Å². The topological polar surface area (TPSA) is 126 Å². The third-order valence-electron chi connectivity index (χ3n) is 2.30. The molecule has 5 N–H and O–H groups in total. The van der Waals surface area contributed by atoms with Crippen molar-refractivity contribution in [3.8, 4) is 5.75 Å². The lowest BCUT2D eigenvalue weighted by molar-refractivity contribution is -0.141. The molecule has 1 heterocycles. The molecule has 0 saturated carbocycles. The highest BCUT2D eigenvalue weighted by Gasteiger charge is 2.19. The molecule has 2 atom stereocenters. The third kappa shape index (κ3) is 4.02. The van der Waals surface area contributed by atoms with Gasteiger partial charge in [0.2, 0.25) is 5.91 Å². The summed E-state index contributed by atoms with van der Waals surface area (Å²) in [5.41, 5.74) is 6.17. The lowest BCUT2D eigenvalue weighted by Crippen LogP contribution is -2.48. The van der Waals surface area contributed by atoms with Gasteiger partial charge in [-0.1, -0.05) is 0 Å². The highest BCUT2D eigenvalue weighted by molar-refractivity contribution is 5.86. The fourth-order valence-corrected chi connectivity index (χ4v) is 1.24. The van der Waals surface area contributed by atoms with Crippen molar-refractivity contribution in [2.24, 2.45) is 5.73 Å². The van der Waals surface area contributed by atoms with E-state index in [1.54, 1.807) is 6.07 Å². The number of aromatic hydroxyl groups is 1. The van der Waals surface area contributed by atoms with E-state index in [9.17, 15) is 9.59 Å². The van der Waals surface area contributed by atoms with Crippen LogP contribution in [0.5, 0.6) is 5.75 Å². The van der Waals surface area contributed by atoms with Gasteiger partial charge in [-0.3, -0.25) is 14.6 Å². The molecule has 7 nitrogen and oxygen atoms in total. The van der Waals surface area contributed by atoms with Crippen molar-refractivity contribution in [1.29, 1.82) is 0 Å². The van der Waals surface area contributed by atoms with E-state index in [1.165, 1.54) is 19.2 Å².